The molecule has 0 fully saturated rings. The number of sulfonamides is 1. The van der Waals surface area contributed by atoms with Crippen molar-refractivity contribution in [1.82, 2.24) is 10.1 Å². The van der Waals surface area contributed by atoms with Crippen LogP contribution in [0.25, 0.3) is 0 Å². The molecule has 9 nitrogen and oxygen atoms in total. The normalized spacial score (nSPS) is 13.6. The van der Waals surface area contributed by atoms with Crippen LogP contribution in [-0.4, -0.2) is 31.1 Å². The van der Waals surface area contributed by atoms with Gasteiger partial charge in [-0.1, -0.05) is 31.1 Å². The van der Waals surface area contributed by atoms with E-state index in [9.17, 15) is 13.2 Å². The van der Waals surface area contributed by atoms with Gasteiger partial charge in [0, 0.05) is 18.2 Å². The molecular formula is C22H24N4O5S. The maximum absolute atomic E-state index is 13.1. The summed E-state index contributed by atoms with van der Waals surface area (Å²) in [6.07, 6.45) is 1.46. The number of nitrogens with one attached hydrogen (secondary N) is 1. The van der Waals surface area contributed by atoms with Crippen LogP contribution in [-0.2, 0) is 34.2 Å². The maximum atomic E-state index is 13.1. The summed E-state index contributed by atoms with van der Waals surface area (Å²) in [5, 5.41) is 3.90. The molecule has 0 spiro atoms. The molecule has 0 aliphatic carbocycles. The second-order valence-corrected chi connectivity index (χ2v) is 9.12. The molecule has 1 N–H and O–H groups in total. The van der Waals surface area contributed by atoms with Crippen molar-refractivity contribution in [2.24, 2.45) is 0 Å². The van der Waals surface area contributed by atoms with Gasteiger partial charge in [0.15, 0.2) is 12.4 Å². The average molecular weight is 457 g/mol. The molecule has 1 amide bonds. The van der Waals surface area contributed by atoms with Gasteiger partial charge >= 0.3 is 0 Å². The van der Waals surface area contributed by atoms with Gasteiger partial charge < -0.3 is 9.26 Å². The van der Waals surface area contributed by atoms with E-state index in [1.165, 1.54) is 11.0 Å². The van der Waals surface area contributed by atoms with Crippen molar-refractivity contribution in [2.75, 3.05) is 16.2 Å². The summed E-state index contributed by atoms with van der Waals surface area (Å²) < 4.78 is 39.4. The molecule has 32 heavy (non-hydrogen) atoms. The molecule has 1 aromatic heterocycles. The Morgan fingerprint density at radius 3 is 2.53 bits per heavy atom. The van der Waals surface area contributed by atoms with Gasteiger partial charge in [-0.25, -0.2) is 8.42 Å². The van der Waals surface area contributed by atoms with Crippen LogP contribution < -0.4 is 14.4 Å². The maximum Gasteiger partial charge on any atom is 0.265 e. The van der Waals surface area contributed by atoms with E-state index >= 15 is 0 Å². The molecule has 0 radical (unpaired) electrons. The zero-order valence-corrected chi connectivity index (χ0v) is 18.9. The number of nitrogens with zero attached hydrogens (tertiary/aromatic N) is 3. The number of hydrogen-bond acceptors (Lipinski definition) is 7. The number of carbonyl (C=O) groups is 1. The molecule has 2 aromatic carbocycles. The molecule has 3 aromatic rings. The SMILES string of the molecule is CCc1ccc(NS(=O)(=O)c2cc3c(cc2C)N(Cc2noc(CC)n2)C(=O)CO3)cc1. The fraction of sp³-hybridized carbons (Fsp3) is 0.318. The lowest BCUT2D eigenvalue weighted by molar-refractivity contribution is -0.121. The van der Waals surface area contributed by atoms with Crippen LogP contribution in [0.1, 0.15) is 36.7 Å². The van der Waals surface area contributed by atoms with Gasteiger partial charge in [-0.05, 0) is 42.7 Å². The largest absolute Gasteiger partial charge is 0.482 e. The third-order valence-corrected chi connectivity index (χ3v) is 6.74. The Kier molecular flexibility index (Phi) is 5.88. The Bertz CT molecular complexity index is 1250. The van der Waals surface area contributed by atoms with Crippen LogP contribution in [0.15, 0.2) is 45.8 Å². The average Bonchev–Trinajstić information content (AvgIpc) is 3.23. The highest BCUT2D eigenvalue weighted by molar-refractivity contribution is 7.92. The number of ether oxygens (including phenoxy) is 1. The molecule has 168 valence electrons. The number of hydrogen-bond donors (Lipinski definition) is 1. The van der Waals surface area contributed by atoms with Gasteiger partial charge in [-0.15, -0.1) is 0 Å². The van der Waals surface area contributed by atoms with Crippen molar-refractivity contribution in [1.29, 1.82) is 0 Å². The lowest BCUT2D eigenvalue weighted by atomic mass is 10.1. The van der Waals surface area contributed by atoms with Crippen LogP contribution >= 0.6 is 0 Å². The molecule has 1 aliphatic heterocycles. The molecule has 0 unspecified atom stereocenters. The first-order valence-electron chi connectivity index (χ1n) is 10.3. The van der Waals surface area contributed by atoms with Gasteiger partial charge in [0.25, 0.3) is 15.9 Å². The van der Waals surface area contributed by atoms with Crippen molar-refractivity contribution in [2.45, 2.75) is 45.1 Å². The summed E-state index contributed by atoms with van der Waals surface area (Å²) in [6, 6.07) is 10.3. The Morgan fingerprint density at radius 1 is 1.12 bits per heavy atom. The Hall–Kier alpha value is -3.40. The number of anilines is 2. The van der Waals surface area contributed by atoms with E-state index in [4.69, 9.17) is 9.26 Å². The monoisotopic (exact) mass is 456 g/mol. The third-order valence-electron chi connectivity index (χ3n) is 5.22. The minimum atomic E-state index is -3.86. The van der Waals surface area contributed by atoms with E-state index in [0.29, 0.717) is 40.8 Å². The van der Waals surface area contributed by atoms with Crippen molar-refractivity contribution in [3.63, 3.8) is 0 Å². The predicted octanol–water partition coefficient (Wildman–Crippen LogP) is 3.23. The lowest BCUT2D eigenvalue weighted by Gasteiger charge is -2.29. The molecule has 4 rings (SSSR count). The summed E-state index contributed by atoms with van der Waals surface area (Å²) in [5.74, 6) is 0.881. The first-order valence-corrected chi connectivity index (χ1v) is 11.8. The second kappa shape index (κ2) is 8.62. The minimum Gasteiger partial charge on any atom is -0.482 e. The first kappa shape index (κ1) is 21.8. The Labute approximate surface area is 186 Å². The van der Waals surface area contributed by atoms with Gasteiger partial charge in [-0.2, -0.15) is 4.98 Å². The van der Waals surface area contributed by atoms with E-state index in [0.717, 1.165) is 12.0 Å². The topological polar surface area (TPSA) is 115 Å². The molecule has 0 atom stereocenters. The highest BCUT2D eigenvalue weighted by atomic mass is 32.2. The van der Waals surface area contributed by atoms with Crippen LogP contribution in [0.4, 0.5) is 11.4 Å². The third kappa shape index (κ3) is 4.31. The van der Waals surface area contributed by atoms with Crippen molar-refractivity contribution >= 4 is 27.3 Å². The minimum absolute atomic E-state index is 0.0814. The van der Waals surface area contributed by atoms with E-state index in [-0.39, 0.29) is 24.0 Å². The number of amides is 1. The van der Waals surface area contributed by atoms with Gasteiger partial charge in [0.2, 0.25) is 5.89 Å². The Morgan fingerprint density at radius 2 is 1.88 bits per heavy atom. The number of rotatable bonds is 7. The van der Waals surface area contributed by atoms with E-state index in [1.807, 2.05) is 26.0 Å². The zero-order valence-electron chi connectivity index (χ0n) is 18.1. The Balaban J connectivity index is 1.64. The number of aryl methyl sites for hydroxylation is 3. The number of carbonyl (C=O) groups excluding carboxylic acids is 1. The van der Waals surface area contributed by atoms with Gasteiger partial charge in [0.1, 0.15) is 5.75 Å². The summed E-state index contributed by atoms with van der Waals surface area (Å²) in [7, 11) is -3.86. The van der Waals surface area contributed by atoms with E-state index in [2.05, 4.69) is 14.9 Å². The van der Waals surface area contributed by atoms with Gasteiger partial charge in [-0.3, -0.25) is 14.4 Å². The fourth-order valence-electron chi connectivity index (χ4n) is 3.45. The van der Waals surface area contributed by atoms with E-state index in [1.54, 1.807) is 25.1 Å². The van der Waals surface area contributed by atoms with Gasteiger partial charge in [0.05, 0.1) is 17.1 Å². The number of fused-ring (bicyclic) bond motifs is 1. The standard InChI is InChI=1S/C22H24N4O5S/c1-4-15-6-8-16(9-7-15)25-32(28,29)19-11-18-17(10-14(19)3)26(22(27)13-30-18)12-20-23-21(5-2)31-24-20/h6-11,25H,4-5,12-13H2,1-3H3. The van der Waals surface area contributed by atoms with Crippen molar-refractivity contribution < 1.29 is 22.5 Å². The smallest absolute Gasteiger partial charge is 0.265 e. The van der Waals surface area contributed by atoms with Crippen LogP contribution in [0.2, 0.25) is 0 Å². The summed E-state index contributed by atoms with van der Waals surface area (Å²) in [5.41, 5.74) is 2.53. The first-order chi connectivity index (χ1) is 15.3. The van der Waals surface area contributed by atoms with Crippen LogP contribution in [0, 0.1) is 6.92 Å². The van der Waals surface area contributed by atoms with Crippen LogP contribution in [0.5, 0.6) is 5.75 Å². The lowest BCUT2D eigenvalue weighted by Crippen LogP contribution is -2.38. The summed E-state index contributed by atoms with van der Waals surface area (Å²) in [4.78, 5) is 18.3. The second-order valence-electron chi connectivity index (χ2n) is 7.47. The van der Waals surface area contributed by atoms with Crippen molar-refractivity contribution in [3.8, 4) is 5.75 Å². The highest BCUT2D eigenvalue weighted by Gasteiger charge is 2.30. The molecule has 0 saturated carbocycles. The molecule has 2 heterocycles. The predicted molar refractivity (Wildman–Crippen MR) is 118 cm³/mol. The van der Waals surface area contributed by atoms with E-state index < -0.39 is 10.0 Å². The summed E-state index contributed by atoms with van der Waals surface area (Å²) in [6.45, 7) is 5.50. The molecule has 1 aliphatic rings. The molecule has 10 heteroatoms. The van der Waals surface area contributed by atoms with Crippen LogP contribution in [0.3, 0.4) is 0 Å². The van der Waals surface area contributed by atoms with Crippen molar-refractivity contribution in [3.05, 3.63) is 59.2 Å². The number of aromatic nitrogens is 2. The molecule has 0 bridgehead atoms. The number of benzene rings is 2. The zero-order chi connectivity index (χ0) is 22.9. The molecule has 0 saturated heterocycles. The molecular weight excluding hydrogens is 432 g/mol. The quantitative estimate of drug-likeness (QED) is 0.580. The highest BCUT2D eigenvalue weighted by Crippen LogP contribution is 2.37. The fourth-order valence-corrected chi connectivity index (χ4v) is 4.75. The summed E-state index contributed by atoms with van der Waals surface area (Å²) >= 11 is 0.